The van der Waals surface area contributed by atoms with E-state index in [0.717, 1.165) is 25.8 Å². The molecule has 1 atom stereocenters. The van der Waals surface area contributed by atoms with E-state index in [4.69, 9.17) is 0 Å². The Morgan fingerprint density at radius 2 is 1.22 bits per heavy atom. The summed E-state index contributed by atoms with van der Waals surface area (Å²) in [5, 5.41) is 3.18. The maximum absolute atomic E-state index is 12.4. The topological polar surface area (TPSA) is 29.1 Å². The number of carbonyl (C=O) groups is 1. The van der Waals surface area contributed by atoms with Crippen molar-refractivity contribution in [1.29, 1.82) is 0 Å². The molecule has 2 nitrogen and oxygen atoms in total. The van der Waals surface area contributed by atoms with Gasteiger partial charge in [0.25, 0.3) is 0 Å². The maximum atomic E-state index is 12.4. The van der Waals surface area contributed by atoms with Crippen molar-refractivity contribution in [2.24, 2.45) is 11.8 Å². The lowest BCUT2D eigenvalue weighted by Gasteiger charge is -2.17. The van der Waals surface area contributed by atoms with Crippen LogP contribution in [-0.2, 0) is 4.79 Å². The molecule has 0 heterocycles. The average Bonchev–Trinajstić information content (AvgIpc) is 2.52. The number of carbonyl (C=O) groups excluding carboxylic acids is 1. The van der Waals surface area contributed by atoms with Gasteiger partial charge >= 0.3 is 0 Å². The quantitative estimate of drug-likeness (QED) is 0.323. The van der Waals surface area contributed by atoms with Gasteiger partial charge in [0.15, 0.2) is 0 Å². The van der Waals surface area contributed by atoms with Crippen LogP contribution in [-0.4, -0.2) is 12.5 Å². The SMILES string of the molecule is CCCCCCCCC(CCCCCC)C(=O)NCCC(C)C. The van der Waals surface area contributed by atoms with E-state index in [0.29, 0.717) is 11.8 Å². The van der Waals surface area contributed by atoms with E-state index in [2.05, 4.69) is 33.0 Å². The summed E-state index contributed by atoms with van der Waals surface area (Å²) in [4.78, 5) is 12.4. The van der Waals surface area contributed by atoms with Crippen LogP contribution in [0.3, 0.4) is 0 Å². The standard InChI is InChI=1S/C21H43NO/c1-5-7-9-11-12-14-16-20(15-13-10-8-6-2)21(23)22-18-17-19(3)4/h19-20H,5-18H2,1-4H3,(H,22,23). The van der Waals surface area contributed by atoms with Gasteiger partial charge in [0.2, 0.25) is 5.91 Å². The molecule has 0 fully saturated rings. The summed E-state index contributed by atoms with van der Waals surface area (Å²) in [5.74, 6) is 1.23. The highest BCUT2D eigenvalue weighted by Crippen LogP contribution is 2.19. The molecule has 0 saturated heterocycles. The van der Waals surface area contributed by atoms with E-state index in [1.54, 1.807) is 0 Å². The molecule has 23 heavy (non-hydrogen) atoms. The van der Waals surface area contributed by atoms with Crippen molar-refractivity contribution in [3.8, 4) is 0 Å². The molecule has 0 aliphatic carbocycles. The van der Waals surface area contributed by atoms with Crippen LogP contribution in [0.1, 0.15) is 111 Å². The fourth-order valence-corrected chi connectivity index (χ4v) is 3.02. The molecular formula is C21H43NO. The van der Waals surface area contributed by atoms with E-state index >= 15 is 0 Å². The molecule has 0 saturated carbocycles. The number of rotatable bonds is 16. The van der Waals surface area contributed by atoms with E-state index < -0.39 is 0 Å². The van der Waals surface area contributed by atoms with Gasteiger partial charge in [-0.15, -0.1) is 0 Å². The Kier molecular flexibility index (Phi) is 16.0. The summed E-state index contributed by atoms with van der Waals surface area (Å²) in [6.45, 7) is 9.77. The minimum Gasteiger partial charge on any atom is -0.356 e. The molecule has 0 radical (unpaired) electrons. The predicted molar refractivity (Wildman–Crippen MR) is 103 cm³/mol. The highest BCUT2D eigenvalue weighted by atomic mass is 16.1. The second kappa shape index (κ2) is 16.3. The number of amides is 1. The van der Waals surface area contributed by atoms with E-state index in [-0.39, 0.29) is 5.92 Å². The minimum absolute atomic E-state index is 0.255. The first-order valence-electron chi connectivity index (χ1n) is 10.4. The van der Waals surface area contributed by atoms with Gasteiger partial charge in [-0.2, -0.15) is 0 Å². The van der Waals surface area contributed by atoms with Gasteiger partial charge in [-0.1, -0.05) is 91.9 Å². The molecule has 2 heteroatoms. The Bertz CT molecular complexity index is 263. The zero-order valence-corrected chi connectivity index (χ0v) is 16.5. The van der Waals surface area contributed by atoms with Crippen LogP contribution >= 0.6 is 0 Å². The van der Waals surface area contributed by atoms with Gasteiger partial charge in [-0.3, -0.25) is 4.79 Å². The van der Waals surface area contributed by atoms with Gasteiger partial charge in [0, 0.05) is 12.5 Å². The van der Waals surface area contributed by atoms with Gasteiger partial charge in [0.05, 0.1) is 0 Å². The number of hydrogen-bond donors (Lipinski definition) is 1. The molecule has 1 N–H and O–H groups in total. The second-order valence-corrected chi connectivity index (χ2v) is 7.58. The first-order valence-corrected chi connectivity index (χ1v) is 10.4. The summed E-state index contributed by atoms with van der Waals surface area (Å²) in [7, 11) is 0. The third-order valence-electron chi connectivity index (χ3n) is 4.70. The first-order chi connectivity index (χ1) is 11.1. The molecule has 0 spiro atoms. The molecular weight excluding hydrogens is 282 g/mol. The average molecular weight is 326 g/mol. The highest BCUT2D eigenvalue weighted by Gasteiger charge is 2.17. The molecule has 0 bridgehead atoms. The van der Waals surface area contributed by atoms with Crippen LogP contribution in [0, 0.1) is 11.8 Å². The van der Waals surface area contributed by atoms with Crippen molar-refractivity contribution in [2.75, 3.05) is 6.54 Å². The van der Waals surface area contributed by atoms with Gasteiger partial charge in [0.1, 0.15) is 0 Å². The van der Waals surface area contributed by atoms with Gasteiger partial charge in [-0.25, -0.2) is 0 Å². The third-order valence-corrected chi connectivity index (χ3v) is 4.70. The van der Waals surface area contributed by atoms with Crippen molar-refractivity contribution in [3.05, 3.63) is 0 Å². The largest absolute Gasteiger partial charge is 0.356 e. The Morgan fingerprint density at radius 3 is 1.74 bits per heavy atom. The van der Waals surface area contributed by atoms with Crippen molar-refractivity contribution in [3.63, 3.8) is 0 Å². The highest BCUT2D eigenvalue weighted by molar-refractivity contribution is 5.78. The van der Waals surface area contributed by atoms with Gasteiger partial charge < -0.3 is 5.32 Å². The number of hydrogen-bond acceptors (Lipinski definition) is 1. The minimum atomic E-state index is 0.255. The van der Waals surface area contributed by atoms with Crippen LogP contribution in [0.25, 0.3) is 0 Å². The summed E-state index contributed by atoms with van der Waals surface area (Å²) < 4.78 is 0. The normalized spacial score (nSPS) is 12.6. The molecule has 0 aromatic heterocycles. The maximum Gasteiger partial charge on any atom is 0.223 e. The molecule has 0 aliphatic heterocycles. The monoisotopic (exact) mass is 325 g/mol. The summed E-state index contributed by atoms with van der Waals surface area (Å²) in [5.41, 5.74) is 0. The first kappa shape index (κ1) is 22.5. The molecule has 0 aliphatic rings. The summed E-state index contributed by atoms with van der Waals surface area (Å²) >= 11 is 0. The molecule has 0 aromatic rings. The fraction of sp³-hybridized carbons (Fsp3) is 0.952. The van der Waals surface area contributed by atoms with Crippen molar-refractivity contribution in [1.82, 2.24) is 5.32 Å². The van der Waals surface area contributed by atoms with E-state index in [1.807, 2.05) is 0 Å². The van der Waals surface area contributed by atoms with Crippen molar-refractivity contribution in [2.45, 2.75) is 111 Å². The lowest BCUT2D eigenvalue weighted by Crippen LogP contribution is -2.32. The van der Waals surface area contributed by atoms with Crippen LogP contribution in [0.5, 0.6) is 0 Å². The van der Waals surface area contributed by atoms with Crippen LogP contribution in [0.4, 0.5) is 0 Å². The Hall–Kier alpha value is -0.530. The van der Waals surface area contributed by atoms with E-state index in [1.165, 1.54) is 64.2 Å². The Balaban J connectivity index is 4.02. The fourth-order valence-electron chi connectivity index (χ4n) is 3.02. The van der Waals surface area contributed by atoms with E-state index in [9.17, 15) is 4.79 Å². The number of nitrogens with one attached hydrogen (secondary N) is 1. The smallest absolute Gasteiger partial charge is 0.223 e. The molecule has 1 unspecified atom stereocenters. The van der Waals surface area contributed by atoms with Crippen LogP contribution in [0.2, 0.25) is 0 Å². The molecule has 0 rings (SSSR count). The molecule has 1 amide bonds. The molecule has 0 aromatic carbocycles. The Morgan fingerprint density at radius 1 is 0.739 bits per heavy atom. The van der Waals surface area contributed by atoms with Crippen molar-refractivity contribution >= 4 is 5.91 Å². The summed E-state index contributed by atoms with van der Waals surface area (Å²) in [6.07, 6.45) is 16.2. The lowest BCUT2D eigenvalue weighted by molar-refractivity contribution is -0.125. The second-order valence-electron chi connectivity index (χ2n) is 7.58. The van der Waals surface area contributed by atoms with Crippen molar-refractivity contribution < 1.29 is 4.79 Å². The van der Waals surface area contributed by atoms with Crippen LogP contribution in [0.15, 0.2) is 0 Å². The predicted octanol–water partition coefficient (Wildman–Crippen LogP) is 6.49. The summed E-state index contributed by atoms with van der Waals surface area (Å²) in [6, 6.07) is 0. The molecule has 138 valence electrons. The Labute approximate surface area is 146 Å². The number of unbranched alkanes of at least 4 members (excludes halogenated alkanes) is 8. The zero-order chi connectivity index (χ0) is 17.3. The lowest BCUT2D eigenvalue weighted by atomic mass is 9.93. The third kappa shape index (κ3) is 14.8. The van der Waals surface area contributed by atoms with Gasteiger partial charge in [-0.05, 0) is 25.2 Å². The zero-order valence-electron chi connectivity index (χ0n) is 16.5. The van der Waals surface area contributed by atoms with Crippen LogP contribution < -0.4 is 5.32 Å².